The predicted octanol–water partition coefficient (Wildman–Crippen LogP) is 2.86. The molecule has 2 atom stereocenters. The second-order valence-electron chi connectivity index (χ2n) is 10.2. The van der Waals surface area contributed by atoms with Gasteiger partial charge in [-0.15, -0.1) is 0 Å². The third-order valence-electron chi connectivity index (χ3n) is 7.36. The van der Waals surface area contributed by atoms with Crippen LogP contribution in [-0.4, -0.2) is 64.2 Å². The van der Waals surface area contributed by atoms with Crippen molar-refractivity contribution in [1.82, 2.24) is 14.9 Å². The number of benzene rings is 2. The molecule has 39 heavy (non-hydrogen) atoms. The molecule has 216 valence electrons. The summed E-state index contributed by atoms with van der Waals surface area (Å²) in [5.74, 6) is 0.296. The number of nitrogens with two attached hydrogens (primary N) is 1. The Bertz CT molecular complexity index is 1250. The van der Waals surface area contributed by atoms with Crippen molar-refractivity contribution in [2.24, 2.45) is 17.6 Å². The van der Waals surface area contributed by atoms with Crippen LogP contribution in [0.2, 0.25) is 0 Å². The van der Waals surface area contributed by atoms with Crippen LogP contribution in [0, 0.1) is 17.2 Å². The monoisotopic (exact) mass is 581 g/mol. The summed E-state index contributed by atoms with van der Waals surface area (Å²) in [6.07, 6.45) is 7.86. The van der Waals surface area contributed by atoms with Gasteiger partial charge in [-0.2, -0.15) is 8.93 Å². The molecule has 13 heteroatoms. The van der Waals surface area contributed by atoms with E-state index in [1.165, 1.54) is 6.42 Å². The topological polar surface area (TPSA) is 186 Å². The molecule has 1 heterocycles. The Morgan fingerprint density at radius 1 is 1.05 bits per heavy atom. The first-order valence-electron chi connectivity index (χ1n) is 13.2. The molecule has 0 spiro atoms. The van der Waals surface area contributed by atoms with E-state index in [4.69, 9.17) is 24.5 Å². The molecule has 11 nitrogen and oxygen atoms in total. The van der Waals surface area contributed by atoms with Crippen LogP contribution in [0.4, 0.5) is 0 Å². The molecule has 1 aliphatic heterocycles. The van der Waals surface area contributed by atoms with Crippen molar-refractivity contribution in [2.75, 3.05) is 19.6 Å². The van der Waals surface area contributed by atoms with Crippen LogP contribution in [-0.2, 0) is 26.2 Å². The van der Waals surface area contributed by atoms with Crippen LogP contribution in [0.5, 0.6) is 0 Å². The highest BCUT2D eigenvalue weighted by molar-refractivity contribution is 7.89. The second kappa shape index (κ2) is 14.7. The normalized spacial score (nSPS) is 19.3. The van der Waals surface area contributed by atoms with Gasteiger partial charge in [0.05, 0.1) is 4.90 Å². The largest absolute Gasteiger partial charge is 0.370 e. The minimum atomic E-state index is -3.87. The molecule has 0 aromatic heterocycles. The Morgan fingerprint density at radius 2 is 1.69 bits per heavy atom. The molecule has 1 amide bonds. The average molecular weight is 582 g/mol. The number of guanidine groups is 1. The first kappa shape index (κ1) is 31.0. The Hall–Kier alpha value is -2.58. The van der Waals surface area contributed by atoms with Gasteiger partial charge < -0.3 is 16.0 Å². The van der Waals surface area contributed by atoms with Gasteiger partial charge in [0.25, 0.3) is 11.4 Å². The van der Waals surface area contributed by atoms with Gasteiger partial charge in [0.15, 0.2) is 5.96 Å². The Balaban J connectivity index is 0.000000983. The molecule has 0 bridgehead atoms. The van der Waals surface area contributed by atoms with E-state index in [1.54, 1.807) is 18.2 Å². The molecule has 2 fully saturated rings. The number of hydrogen-bond donors (Lipinski definition) is 6. The number of amides is 1. The molecule has 1 saturated carbocycles. The minimum Gasteiger partial charge on any atom is -0.370 e. The number of fused-ring (bicyclic) bond motifs is 1. The summed E-state index contributed by atoms with van der Waals surface area (Å²) in [6.45, 7) is 1.84. The van der Waals surface area contributed by atoms with Crippen molar-refractivity contribution in [3.05, 3.63) is 42.5 Å². The molecule has 2 aromatic rings. The van der Waals surface area contributed by atoms with Crippen LogP contribution >= 0.6 is 0 Å². The number of hydrogen-bond acceptors (Lipinski definition) is 5. The zero-order chi connectivity index (χ0) is 28.4. The second-order valence-corrected chi connectivity index (χ2v) is 12.4. The summed E-state index contributed by atoms with van der Waals surface area (Å²) in [6, 6.07) is 11.9. The standard InChI is InChI=1S/C26H37N5O3S.H2O3S/c27-26(28)31-14-6-9-20(18-31)17-29-25(32)24(15-19-7-2-1-3-8-19)30-35(33,34)23-13-12-21-10-4-5-11-22(21)16-23;1-4(2)3/h4-5,10-13,16,19-20,24,30H,1-3,6-9,14-15,17-18H2,(H3,27,28)(H,29,32);(H2,1,2,3)/t20?,24-;/m1./s1. The summed E-state index contributed by atoms with van der Waals surface area (Å²) in [5.41, 5.74) is 5.64. The lowest BCUT2D eigenvalue weighted by Crippen LogP contribution is -2.50. The highest BCUT2D eigenvalue weighted by Crippen LogP contribution is 2.28. The quantitative estimate of drug-likeness (QED) is 0.156. The van der Waals surface area contributed by atoms with Crippen molar-refractivity contribution in [2.45, 2.75) is 62.3 Å². The maximum absolute atomic E-state index is 13.3. The van der Waals surface area contributed by atoms with Gasteiger partial charge in [-0.05, 0) is 54.0 Å². The summed E-state index contributed by atoms with van der Waals surface area (Å²) < 4.78 is 52.2. The SMILES string of the molecule is N=C(N)N1CCCC(CNC(=O)[C@@H](CC2CCCCC2)NS(=O)(=O)c2ccc3ccccc3c2)C1.O=S(O)O. The van der Waals surface area contributed by atoms with Gasteiger partial charge in [0.2, 0.25) is 15.9 Å². The lowest BCUT2D eigenvalue weighted by molar-refractivity contribution is -0.123. The molecule has 7 N–H and O–H groups in total. The first-order valence-corrected chi connectivity index (χ1v) is 15.8. The van der Waals surface area contributed by atoms with E-state index in [0.717, 1.165) is 55.8 Å². The third kappa shape index (κ3) is 9.84. The fourth-order valence-electron chi connectivity index (χ4n) is 5.37. The average Bonchev–Trinajstić information content (AvgIpc) is 2.91. The molecular weight excluding hydrogens is 542 g/mol. The zero-order valence-electron chi connectivity index (χ0n) is 21.9. The number of carbonyl (C=O) groups is 1. The van der Waals surface area contributed by atoms with Gasteiger partial charge >= 0.3 is 0 Å². The Kier molecular flexibility index (Phi) is 11.7. The van der Waals surface area contributed by atoms with E-state index in [1.807, 2.05) is 29.2 Å². The highest BCUT2D eigenvalue weighted by atomic mass is 32.2. The maximum atomic E-state index is 13.3. The lowest BCUT2D eigenvalue weighted by atomic mass is 9.85. The lowest BCUT2D eigenvalue weighted by Gasteiger charge is -2.33. The minimum absolute atomic E-state index is 0.0550. The summed E-state index contributed by atoms with van der Waals surface area (Å²) in [7, 11) is -3.87. The van der Waals surface area contributed by atoms with Gasteiger partial charge in [0.1, 0.15) is 6.04 Å². The van der Waals surface area contributed by atoms with Crippen molar-refractivity contribution in [1.29, 1.82) is 5.41 Å². The summed E-state index contributed by atoms with van der Waals surface area (Å²) in [5, 5.41) is 12.5. The van der Waals surface area contributed by atoms with Gasteiger partial charge in [0, 0.05) is 19.6 Å². The van der Waals surface area contributed by atoms with Crippen LogP contribution in [0.1, 0.15) is 51.4 Å². The van der Waals surface area contributed by atoms with E-state index < -0.39 is 27.4 Å². The number of nitrogens with one attached hydrogen (secondary N) is 3. The number of likely N-dealkylation sites (tertiary alicyclic amines) is 1. The van der Waals surface area contributed by atoms with Crippen molar-refractivity contribution >= 4 is 44.0 Å². The van der Waals surface area contributed by atoms with Crippen molar-refractivity contribution in [3.8, 4) is 0 Å². The van der Waals surface area contributed by atoms with E-state index >= 15 is 0 Å². The fraction of sp³-hybridized carbons (Fsp3) is 0.538. The molecular formula is C26H39N5O6S2. The zero-order valence-corrected chi connectivity index (χ0v) is 23.6. The highest BCUT2D eigenvalue weighted by Gasteiger charge is 2.30. The smallest absolute Gasteiger partial charge is 0.299 e. The van der Waals surface area contributed by atoms with Crippen LogP contribution < -0.4 is 15.8 Å². The van der Waals surface area contributed by atoms with E-state index in [9.17, 15) is 13.2 Å². The molecule has 0 radical (unpaired) electrons. The number of sulfonamides is 1. The maximum Gasteiger partial charge on any atom is 0.299 e. The van der Waals surface area contributed by atoms with E-state index in [2.05, 4.69) is 10.0 Å². The van der Waals surface area contributed by atoms with Gasteiger partial charge in [-0.25, -0.2) is 8.42 Å². The predicted molar refractivity (Wildman–Crippen MR) is 152 cm³/mol. The molecule has 2 aromatic carbocycles. The Morgan fingerprint density at radius 3 is 2.36 bits per heavy atom. The van der Waals surface area contributed by atoms with E-state index in [0.29, 0.717) is 25.4 Å². The third-order valence-corrected chi connectivity index (χ3v) is 8.83. The number of nitrogens with zero attached hydrogens (tertiary/aromatic N) is 1. The summed E-state index contributed by atoms with van der Waals surface area (Å²) >= 11 is -2.61. The number of piperidine rings is 1. The van der Waals surface area contributed by atoms with Gasteiger partial charge in [-0.3, -0.25) is 19.3 Å². The number of carbonyl (C=O) groups excluding carboxylic acids is 1. The van der Waals surface area contributed by atoms with Crippen molar-refractivity contribution in [3.63, 3.8) is 0 Å². The molecule has 4 rings (SSSR count). The van der Waals surface area contributed by atoms with E-state index in [-0.39, 0.29) is 22.7 Å². The fourth-order valence-corrected chi connectivity index (χ4v) is 6.62. The molecule has 2 aliphatic rings. The van der Waals surface area contributed by atoms with Crippen LogP contribution in [0.25, 0.3) is 10.8 Å². The van der Waals surface area contributed by atoms with Crippen LogP contribution in [0.3, 0.4) is 0 Å². The van der Waals surface area contributed by atoms with Crippen LogP contribution in [0.15, 0.2) is 47.4 Å². The molecule has 1 unspecified atom stereocenters. The summed E-state index contributed by atoms with van der Waals surface area (Å²) in [4.78, 5) is 15.3. The number of rotatable bonds is 8. The Labute approximate surface area is 232 Å². The van der Waals surface area contributed by atoms with Crippen molar-refractivity contribution < 1.29 is 26.5 Å². The first-order chi connectivity index (χ1) is 18.5. The molecule has 1 saturated heterocycles. The molecule has 1 aliphatic carbocycles. The van der Waals surface area contributed by atoms with Gasteiger partial charge in [-0.1, -0.05) is 62.4 Å².